The van der Waals surface area contributed by atoms with E-state index in [1.165, 1.54) is 0 Å². The second kappa shape index (κ2) is 7.32. The summed E-state index contributed by atoms with van der Waals surface area (Å²) < 4.78 is 2.02. The standard InChI is InChI=1S/C20H27N5O2/c1-15-12-19(25(21-15)16-6-4-3-5-7-16)24-10-8-23(9-11-24)17-13-18(20(26)27)22(2)14-17/h3-7,12,17-18H,8-11,13-14H2,1-2H3,(H,26,27). The largest absolute Gasteiger partial charge is 0.480 e. The maximum Gasteiger partial charge on any atom is 0.320 e. The number of rotatable bonds is 4. The molecule has 7 heteroatoms. The Bertz CT molecular complexity index is 798. The second-order valence-electron chi connectivity index (χ2n) is 7.60. The normalized spacial score (nSPS) is 24.4. The molecule has 27 heavy (non-hydrogen) atoms. The minimum absolute atomic E-state index is 0.332. The van der Waals surface area contributed by atoms with Gasteiger partial charge in [-0.1, -0.05) is 18.2 Å². The zero-order chi connectivity index (χ0) is 19.0. The summed E-state index contributed by atoms with van der Waals surface area (Å²) in [5, 5.41) is 14.0. The molecule has 0 radical (unpaired) electrons. The molecule has 7 nitrogen and oxygen atoms in total. The van der Waals surface area contributed by atoms with E-state index in [2.05, 4.69) is 33.1 Å². The van der Waals surface area contributed by atoms with Gasteiger partial charge in [-0.15, -0.1) is 0 Å². The molecule has 2 aliphatic rings. The molecule has 0 saturated carbocycles. The molecule has 0 spiro atoms. The summed E-state index contributed by atoms with van der Waals surface area (Å²) in [6.07, 6.45) is 0.715. The molecule has 144 valence electrons. The molecule has 2 fully saturated rings. The van der Waals surface area contributed by atoms with Crippen molar-refractivity contribution in [1.29, 1.82) is 0 Å². The number of likely N-dealkylation sites (tertiary alicyclic amines) is 1. The van der Waals surface area contributed by atoms with Crippen molar-refractivity contribution in [2.75, 3.05) is 44.7 Å². The summed E-state index contributed by atoms with van der Waals surface area (Å²) in [6.45, 7) is 6.61. The number of anilines is 1. The summed E-state index contributed by atoms with van der Waals surface area (Å²) in [5.41, 5.74) is 2.09. The lowest BCUT2D eigenvalue weighted by atomic mass is 10.1. The van der Waals surface area contributed by atoms with E-state index in [-0.39, 0.29) is 6.04 Å². The molecule has 2 aliphatic heterocycles. The second-order valence-corrected chi connectivity index (χ2v) is 7.60. The number of nitrogens with zero attached hydrogens (tertiary/aromatic N) is 5. The third-order valence-electron chi connectivity index (χ3n) is 5.78. The lowest BCUT2D eigenvalue weighted by molar-refractivity contribution is -0.141. The van der Waals surface area contributed by atoms with Gasteiger partial charge in [0.2, 0.25) is 0 Å². The fraction of sp³-hybridized carbons (Fsp3) is 0.500. The monoisotopic (exact) mass is 369 g/mol. The lowest BCUT2D eigenvalue weighted by Crippen LogP contribution is -2.51. The number of carbonyl (C=O) groups is 1. The number of likely N-dealkylation sites (N-methyl/N-ethyl adjacent to an activating group) is 1. The Labute approximate surface area is 159 Å². The van der Waals surface area contributed by atoms with Gasteiger partial charge in [0.1, 0.15) is 11.9 Å². The number of carboxylic acids is 1. The van der Waals surface area contributed by atoms with Crippen molar-refractivity contribution in [3.8, 4) is 5.69 Å². The van der Waals surface area contributed by atoms with Crippen molar-refractivity contribution in [3.63, 3.8) is 0 Å². The van der Waals surface area contributed by atoms with Crippen molar-refractivity contribution in [1.82, 2.24) is 19.6 Å². The van der Waals surface area contributed by atoms with E-state index in [0.29, 0.717) is 12.5 Å². The van der Waals surface area contributed by atoms with Gasteiger partial charge in [0, 0.05) is 44.8 Å². The average molecular weight is 369 g/mol. The predicted molar refractivity (Wildman–Crippen MR) is 105 cm³/mol. The first-order valence-electron chi connectivity index (χ1n) is 9.57. The van der Waals surface area contributed by atoms with Crippen molar-refractivity contribution < 1.29 is 9.90 Å². The van der Waals surface area contributed by atoms with Gasteiger partial charge in [0.15, 0.2) is 0 Å². The van der Waals surface area contributed by atoms with Crippen LogP contribution < -0.4 is 4.90 Å². The Morgan fingerprint density at radius 1 is 1.15 bits per heavy atom. The van der Waals surface area contributed by atoms with Crippen LogP contribution >= 0.6 is 0 Å². The number of aliphatic carboxylic acids is 1. The number of benzene rings is 1. The molecule has 0 amide bonds. The molecule has 1 aromatic heterocycles. The van der Waals surface area contributed by atoms with Crippen LogP contribution in [0.15, 0.2) is 36.4 Å². The van der Waals surface area contributed by atoms with Gasteiger partial charge in [0.25, 0.3) is 0 Å². The molecule has 2 aromatic rings. The molecule has 3 heterocycles. The van der Waals surface area contributed by atoms with Gasteiger partial charge in [-0.05, 0) is 32.5 Å². The van der Waals surface area contributed by atoms with Crippen LogP contribution in [0.3, 0.4) is 0 Å². The van der Waals surface area contributed by atoms with Gasteiger partial charge in [0.05, 0.1) is 11.4 Å². The highest BCUT2D eigenvalue weighted by Gasteiger charge is 2.38. The minimum atomic E-state index is -0.708. The van der Waals surface area contributed by atoms with E-state index in [4.69, 9.17) is 0 Å². The Morgan fingerprint density at radius 2 is 1.85 bits per heavy atom. The molecular formula is C20H27N5O2. The Kier molecular flexibility index (Phi) is 4.88. The van der Waals surface area contributed by atoms with Crippen LogP contribution in [0.2, 0.25) is 0 Å². The first kappa shape index (κ1) is 18.0. The summed E-state index contributed by atoms with van der Waals surface area (Å²) >= 11 is 0. The van der Waals surface area contributed by atoms with Crippen molar-refractivity contribution in [2.45, 2.75) is 25.4 Å². The van der Waals surface area contributed by atoms with Crippen LogP contribution in [0.4, 0.5) is 5.82 Å². The molecule has 1 aromatic carbocycles. The zero-order valence-corrected chi connectivity index (χ0v) is 16.0. The number of aryl methyl sites for hydroxylation is 1. The van der Waals surface area contributed by atoms with Crippen LogP contribution in [-0.4, -0.2) is 82.5 Å². The Balaban J connectivity index is 1.44. The highest BCUT2D eigenvalue weighted by atomic mass is 16.4. The fourth-order valence-corrected chi connectivity index (χ4v) is 4.31. The van der Waals surface area contributed by atoms with E-state index >= 15 is 0 Å². The molecule has 4 rings (SSSR count). The predicted octanol–water partition coefficient (Wildman–Crippen LogP) is 1.46. The van der Waals surface area contributed by atoms with E-state index in [9.17, 15) is 9.90 Å². The summed E-state index contributed by atoms with van der Waals surface area (Å²) in [7, 11) is 1.91. The SMILES string of the molecule is Cc1cc(N2CCN(C3CC(C(=O)O)N(C)C3)CC2)n(-c2ccccc2)n1. The van der Waals surface area contributed by atoms with Gasteiger partial charge in [-0.2, -0.15) is 5.10 Å². The molecule has 1 N–H and O–H groups in total. The van der Waals surface area contributed by atoms with Gasteiger partial charge in [-0.3, -0.25) is 14.6 Å². The van der Waals surface area contributed by atoms with Crippen LogP contribution in [0.1, 0.15) is 12.1 Å². The number of hydrogen-bond donors (Lipinski definition) is 1. The lowest BCUT2D eigenvalue weighted by Gasteiger charge is -2.38. The minimum Gasteiger partial charge on any atom is -0.480 e. The van der Waals surface area contributed by atoms with Gasteiger partial charge >= 0.3 is 5.97 Å². The maximum absolute atomic E-state index is 11.4. The topological polar surface area (TPSA) is 64.8 Å². The molecule has 2 unspecified atom stereocenters. The number of para-hydroxylation sites is 1. The molecular weight excluding hydrogens is 342 g/mol. The summed E-state index contributed by atoms with van der Waals surface area (Å²) in [6, 6.07) is 12.4. The van der Waals surface area contributed by atoms with Crippen LogP contribution in [-0.2, 0) is 4.79 Å². The average Bonchev–Trinajstić information content (AvgIpc) is 3.26. The van der Waals surface area contributed by atoms with Gasteiger partial charge < -0.3 is 10.0 Å². The maximum atomic E-state index is 11.4. The molecule has 0 aliphatic carbocycles. The van der Waals surface area contributed by atoms with E-state index in [0.717, 1.165) is 49.9 Å². The number of carboxylic acid groups (broad SMARTS) is 1. The van der Waals surface area contributed by atoms with Crippen molar-refractivity contribution in [3.05, 3.63) is 42.1 Å². The van der Waals surface area contributed by atoms with Crippen LogP contribution in [0, 0.1) is 6.92 Å². The number of hydrogen-bond acceptors (Lipinski definition) is 5. The summed E-state index contributed by atoms with van der Waals surface area (Å²) in [5.74, 6) is 0.422. The number of aromatic nitrogens is 2. The zero-order valence-electron chi connectivity index (χ0n) is 16.0. The van der Waals surface area contributed by atoms with Crippen LogP contribution in [0.5, 0.6) is 0 Å². The molecule has 2 atom stereocenters. The highest BCUT2D eigenvalue weighted by Crippen LogP contribution is 2.25. The smallest absolute Gasteiger partial charge is 0.320 e. The van der Waals surface area contributed by atoms with E-state index < -0.39 is 5.97 Å². The van der Waals surface area contributed by atoms with E-state index in [1.807, 2.05) is 41.8 Å². The Morgan fingerprint density at radius 3 is 2.48 bits per heavy atom. The quantitative estimate of drug-likeness (QED) is 0.880. The first-order valence-corrected chi connectivity index (χ1v) is 9.57. The third-order valence-corrected chi connectivity index (χ3v) is 5.78. The molecule has 0 bridgehead atoms. The van der Waals surface area contributed by atoms with Crippen molar-refractivity contribution in [2.24, 2.45) is 0 Å². The van der Waals surface area contributed by atoms with Crippen LogP contribution in [0.25, 0.3) is 5.69 Å². The Hall–Kier alpha value is -2.38. The third kappa shape index (κ3) is 3.57. The highest BCUT2D eigenvalue weighted by molar-refractivity contribution is 5.74. The van der Waals surface area contributed by atoms with Gasteiger partial charge in [-0.25, -0.2) is 4.68 Å². The number of piperazine rings is 1. The first-order chi connectivity index (χ1) is 13.0. The fourth-order valence-electron chi connectivity index (χ4n) is 4.31. The van der Waals surface area contributed by atoms with Crippen molar-refractivity contribution >= 4 is 11.8 Å². The van der Waals surface area contributed by atoms with E-state index in [1.54, 1.807) is 0 Å². The summed E-state index contributed by atoms with van der Waals surface area (Å²) in [4.78, 5) is 18.2. The molecule has 2 saturated heterocycles.